The van der Waals surface area contributed by atoms with Crippen LogP contribution in [-0.2, 0) is 4.79 Å². The maximum absolute atomic E-state index is 9.58. The molecule has 0 unspecified atom stereocenters. The molecule has 0 aromatic heterocycles. The van der Waals surface area contributed by atoms with Gasteiger partial charge in [-0.25, -0.2) is 0 Å². The maximum Gasteiger partial charge on any atom is 0.221 e. The van der Waals surface area contributed by atoms with Gasteiger partial charge in [0, 0.05) is 6.42 Å². The van der Waals surface area contributed by atoms with Gasteiger partial charge in [0.15, 0.2) is 0 Å². The number of carbonyl (C=O) groups is 1. The van der Waals surface area contributed by atoms with E-state index in [4.69, 9.17) is 11.6 Å². The van der Waals surface area contributed by atoms with E-state index in [2.05, 4.69) is 0 Å². The van der Waals surface area contributed by atoms with Crippen LogP contribution in [0.4, 0.5) is 0 Å². The molecule has 0 bridgehead atoms. The van der Waals surface area contributed by atoms with Gasteiger partial charge in [0.2, 0.25) is 5.24 Å². The van der Waals surface area contributed by atoms with Crippen molar-refractivity contribution in [2.75, 3.05) is 0 Å². The quantitative estimate of drug-likeness (QED) is 0.748. The number of carbonyl (C=O) groups excluding carboxylic acids is 1. The molecule has 0 fully saturated rings. The Balaban J connectivity index is 0.000000336. The molecule has 1 aromatic carbocycles. The Morgan fingerprint density at radius 3 is 2.07 bits per heavy atom. The summed E-state index contributed by atoms with van der Waals surface area (Å²) in [6, 6.07) is 3.66. The lowest BCUT2D eigenvalue weighted by Gasteiger charge is -2.04. The van der Waals surface area contributed by atoms with Crippen LogP contribution in [-0.4, -0.2) is 10.3 Å². The van der Waals surface area contributed by atoms with Crippen molar-refractivity contribution in [3.8, 4) is 5.75 Å². The summed E-state index contributed by atoms with van der Waals surface area (Å²) in [5.74, 6) is 0.392. The molecule has 0 aliphatic carbocycles. The highest BCUT2D eigenvalue weighted by molar-refractivity contribution is 6.63. The molecule has 0 amide bonds. The number of rotatable bonds is 1. The van der Waals surface area contributed by atoms with E-state index < -0.39 is 0 Å². The van der Waals surface area contributed by atoms with Crippen molar-refractivity contribution in [2.24, 2.45) is 0 Å². The topological polar surface area (TPSA) is 37.3 Å². The summed E-state index contributed by atoms with van der Waals surface area (Å²) < 4.78 is 0. The minimum absolute atomic E-state index is 0.273. The molecule has 0 heterocycles. The van der Waals surface area contributed by atoms with Gasteiger partial charge in [-0.3, -0.25) is 4.79 Å². The standard InChI is InChI=1S/C9H12O.C3H5ClO/c1-6-4-5-9(10)8(3)7(6)2;1-2-3(4)5/h4-5,10H,1-3H3;2H2,1H3. The SMILES string of the molecule is CCC(=O)Cl.Cc1ccc(O)c(C)c1C. The lowest BCUT2D eigenvalue weighted by atomic mass is 10.0. The van der Waals surface area contributed by atoms with Crippen molar-refractivity contribution in [3.63, 3.8) is 0 Å². The summed E-state index contributed by atoms with van der Waals surface area (Å²) in [6.45, 7) is 7.71. The molecule has 15 heavy (non-hydrogen) atoms. The Morgan fingerprint density at radius 1 is 1.27 bits per heavy atom. The van der Waals surface area contributed by atoms with Gasteiger partial charge in [-0.1, -0.05) is 13.0 Å². The largest absolute Gasteiger partial charge is 0.508 e. The number of halogens is 1. The molecule has 1 rings (SSSR count). The molecule has 0 saturated carbocycles. The predicted octanol–water partition coefficient (Wildman–Crippen LogP) is 3.48. The summed E-state index contributed by atoms with van der Waals surface area (Å²) in [4.78, 5) is 9.58. The van der Waals surface area contributed by atoms with E-state index in [9.17, 15) is 9.90 Å². The third-order valence-corrected chi connectivity index (χ3v) is 2.57. The minimum atomic E-state index is -0.273. The van der Waals surface area contributed by atoms with Crippen LogP contribution < -0.4 is 0 Å². The average molecular weight is 229 g/mol. The number of phenols is 1. The summed E-state index contributed by atoms with van der Waals surface area (Å²) in [7, 11) is 0. The third kappa shape index (κ3) is 4.84. The number of benzene rings is 1. The Morgan fingerprint density at radius 2 is 1.73 bits per heavy atom. The fourth-order valence-electron chi connectivity index (χ4n) is 0.942. The molecule has 0 saturated heterocycles. The summed E-state index contributed by atoms with van der Waals surface area (Å²) >= 11 is 4.82. The molecular formula is C12H17ClO2. The van der Waals surface area contributed by atoms with Gasteiger partial charge in [0.05, 0.1) is 0 Å². The first kappa shape index (κ1) is 14.0. The van der Waals surface area contributed by atoms with Crippen LogP contribution in [0.5, 0.6) is 5.75 Å². The Bertz CT molecular complexity index is 319. The first-order valence-electron chi connectivity index (χ1n) is 4.84. The van der Waals surface area contributed by atoms with Gasteiger partial charge in [-0.15, -0.1) is 0 Å². The van der Waals surface area contributed by atoms with Crippen LogP contribution in [0.2, 0.25) is 0 Å². The molecule has 1 N–H and O–H groups in total. The van der Waals surface area contributed by atoms with Gasteiger partial charge in [0.25, 0.3) is 0 Å². The van der Waals surface area contributed by atoms with Crippen LogP contribution >= 0.6 is 11.6 Å². The van der Waals surface area contributed by atoms with Gasteiger partial charge in [-0.05, 0) is 55.1 Å². The van der Waals surface area contributed by atoms with Crippen LogP contribution in [0.1, 0.15) is 30.0 Å². The van der Waals surface area contributed by atoms with Crippen molar-refractivity contribution in [2.45, 2.75) is 34.1 Å². The van der Waals surface area contributed by atoms with Crippen LogP contribution in [0.15, 0.2) is 12.1 Å². The van der Waals surface area contributed by atoms with E-state index in [1.807, 2.05) is 26.8 Å². The van der Waals surface area contributed by atoms with Crippen molar-refractivity contribution < 1.29 is 9.90 Å². The van der Waals surface area contributed by atoms with E-state index in [0.717, 1.165) is 5.56 Å². The molecule has 0 spiro atoms. The monoisotopic (exact) mass is 228 g/mol. The third-order valence-electron chi connectivity index (χ3n) is 2.31. The van der Waals surface area contributed by atoms with Gasteiger partial charge < -0.3 is 5.11 Å². The zero-order chi connectivity index (χ0) is 12.0. The molecule has 84 valence electrons. The number of aryl methyl sites for hydroxylation is 1. The zero-order valence-electron chi connectivity index (χ0n) is 9.60. The molecule has 1 aromatic rings. The van der Waals surface area contributed by atoms with Gasteiger partial charge in [-0.2, -0.15) is 0 Å². The Kier molecular flexibility index (Phi) is 6.02. The normalized spacial score (nSPS) is 9.13. The minimum Gasteiger partial charge on any atom is -0.508 e. The first-order chi connectivity index (χ1) is 6.90. The first-order valence-corrected chi connectivity index (χ1v) is 5.22. The molecule has 0 aliphatic heterocycles. The van der Waals surface area contributed by atoms with Crippen molar-refractivity contribution in [3.05, 3.63) is 28.8 Å². The van der Waals surface area contributed by atoms with Crippen molar-refractivity contribution in [1.29, 1.82) is 0 Å². The second kappa shape index (κ2) is 6.46. The number of phenolic OH excluding ortho intramolecular Hbond substituents is 1. The molecule has 3 heteroatoms. The highest BCUT2D eigenvalue weighted by Gasteiger charge is 1.99. The fourth-order valence-corrected chi connectivity index (χ4v) is 0.942. The second-order valence-electron chi connectivity index (χ2n) is 3.36. The average Bonchev–Trinajstić information content (AvgIpc) is 2.21. The second-order valence-corrected chi connectivity index (χ2v) is 3.78. The van der Waals surface area contributed by atoms with E-state index in [-0.39, 0.29) is 5.24 Å². The Labute approximate surface area is 95.9 Å². The van der Waals surface area contributed by atoms with Crippen molar-refractivity contribution >= 4 is 16.8 Å². The molecule has 0 aliphatic rings. The lowest BCUT2D eigenvalue weighted by Crippen LogP contribution is -1.85. The van der Waals surface area contributed by atoms with Gasteiger partial charge in [0.1, 0.15) is 5.75 Å². The van der Waals surface area contributed by atoms with Crippen LogP contribution in [0.3, 0.4) is 0 Å². The smallest absolute Gasteiger partial charge is 0.221 e. The molecule has 0 atom stereocenters. The van der Waals surface area contributed by atoms with Crippen LogP contribution in [0, 0.1) is 20.8 Å². The summed E-state index contributed by atoms with van der Waals surface area (Å²) in [5.41, 5.74) is 3.40. The molecule has 0 radical (unpaired) electrons. The number of hydrogen-bond acceptors (Lipinski definition) is 2. The Hall–Kier alpha value is -1.02. The maximum atomic E-state index is 9.58. The van der Waals surface area contributed by atoms with Crippen molar-refractivity contribution in [1.82, 2.24) is 0 Å². The fraction of sp³-hybridized carbons (Fsp3) is 0.417. The number of aromatic hydroxyl groups is 1. The van der Waals surface area contributed by atoms with E-state index >= 15 is 0 Å². The predicted molar refractivity (Wildman–Crippen MR) is 63.5 cm³/mol. The molecular weight excluding hydrogens is 212 g/mol. The highest BCUT2D eigenvalue weighted by atomic mass is 35.5. The summed E-state index contributed by atoms with van der Waals surface area (Å²) in [5, 5.41) is 8.95. The van der Waals surface area contributed by atoms with E-state index in [1.54, 1.807) is 13.0 Å². The lowest BCUT2D eigenvalue weighted by molar-refractivity contribution is -0.111. The van der Waals surface area contributed by atoms with E-state index in [0.29, 0.717) is 12.2 Å². The zero-order valence-corrected chi connectivity index (χ0v) is 10.4. The van der Waals surface area contributed by atoms with Crippen LogP contribution in [0.25, 0.3) is 0 Å². The summed E-state index contributed by atoms with van der Waals surface area (Å²) in [6.07, 6.45) is 0.432. The van der Waals surface area contributed by atoms with Gasteiger partial charge >= 0.3 is 0 Å². The van der Waals surface area contributed by atoms with E-state index in [1.165, 1.54) is 11.1 Å². The highest BCUT2D eigenvalue weighted by Crippen LogP contribution is 2.21. The number of hydrogen-bond donors (Lipinski definition) is 1. The molecule has 2 nitrogen and oxygen atoms in total.